The number of nitrogens with one attached hydrogen (secondary N) is 2. The van der Waals surface area contributed by atoms with Crippen LogP contribution in [0.4, 0.5) is 0 Å². The predicted molar refractivity (Wildman–Crippen MR) is 102 cm³/mol. The lowest BCUT2D eigenvalue weighted by molar-refractivity contribution is -0.129. The van der Waals surface area contributed by atoms with Crippen LogP contribution in [0.15, 0.2) is 46.2 Å². The first-order valence-corrected chi connectivity index (χ1v) is 8.73. The number of pyridine rings is 2. The van der Waals surface area contributed by atoms with Crippen molar-refractivity contribution in [1.82, 2.24) is 19.8 Å². The van der Waals surface area contributed by atoms with Crippen molar-refractivity contribution in [2.45, 2.75) is 33.4 Å². The number of aryl methyl sites for hydroxylation is 2. The van der Waals surface area contributed by atoms with Crippen LogP contribution in [0.5, 0.6) is 0 Å². The molecule has 0 radical (unpaired) electrons. The zero-order valence-electron chi connectivity index (χ0n) is 15.5. The molecule has 0 spiro atoms. The fraction of sp³-hybridized carbons (Fsp3) is 0.368. The van der Waals surface area contributed by atoms with E-state index in [1.165, 1.54) is 24.3 Å². The van der Waals surface area contributed by atoms with Crippen LogP contribution in [-0.4, -0.2) is 34.0 Å². The Morgan fingerprint density at radius 1 is 0.815 bits per heavy atom. The molecule has 2 rings (SSSR count). The maximum atomic E-state index is 11.8. The fourth-order valence-corrected chi connectivity index (χ4v) is 2.64. The van der Waals surface area contributed by atoms with Crippen LogP contribution in [0.25, 0.3) is 0 Å². The van der Waals surface area contributed by atoms with Gasteiger partial charge in [-0.25, -0.2) is 0 Å². The van der Waals surface area contributed by atoms with Crippen LogP contribution in [-0.2, 0) is 22.7 Å². The Kier molecular flexibility index (Phi) is 7.10. The van der Waals surface area contributed by atoms with Crippen molar-refractivity contribution in [3.63, 3.8) is 0 Å². The van der Waals surface area contributed by atoms with Crippen LogP contribution < -0.4 is 21.5 Å². The highest BCUT2D eigenvalue weighted by Gasteiger charge is 2.08. The molecule has 0 unspecified atom stereocenters. The van der Waals surface area contributed by atoms with E-state index in [4.69, 9.17) is 0 Å². The number of hydrogen-bond donors (Lipinski definition) is 2. The largest absolute Gasteiger partial charge is 0.354 e. The first-order chi connectivity index (χ1) is 12.8. The summed E-state index contributed by atoms with van der Waals surface area (Å²) in [5.74, 6) is -0.712. The Hall–Kier alpha value is -3.16. The van der Waals surface area contributed by atoms with Gasteiger partial charge < -0.3 is 19.8 Å². The number of carbonyl (C=O) groups is 2. The van der Waals surface area contributed by atoms with Gasteiger partial charge in [0.1, 0.15) is 6.42 Å². The summed E-state index contributed by atoms with van der Waals surface area (Å²) < 4.78 is 3.71. The summed E-state index contributed by atoms with van der Waals surface area (Å²) >= 11 is 0. The van der Waals surface area contributed by atoms with Crippen molar-refractivity contribution in [3.05, 3.63) is 68.5 Å². The van der Waals surface area contributed by atoms with E-state index in [2.05, 4.69) is 10.6 Å². The number of amides is 2. The molecule has 144 valence electrons. The highest BCUT2D eigenvalue weighted by Crippen LogP contribution is 1.95. The zero-order valence-corrected chi connectivity index (χ0v) is 15.5. The molecular formula is C19H24N4O4. The average Bonchev–Trinajstić information content (AvgIpc) is 2.58. The van der Waals surface area contributed by atoms with E-state index < -0.39 is 0 Å². The third-order valence-electron chi connectivity index (χ3n) is 4.12. The van der Waals surface area contributed by atoms with Crippen LogP contribution in [0.3, 0.4) is 0 Å². The quantitative estimate of drug-likeness (QED) is 0.634. The van der Waals surface area contributed by atoms with E-state index in [0.29, 0.717) is 26.2 Å². The Bertz CT molecular complexity index is 854. The third-order valence-corrected chi connectivity index (χ3v) is 4.12. The van der Waals surface area contributed by atoms with Gasteiger partial charge >= 0.3 is 0 Å². The number of hydrogen-bond acceptors (Lipinski definition) is 4. The Morgan fingerprint density at radius 2 is 1.22 bits per heavy atom. The molecule has 0 aromatic carbocycles. The molecule has 0 aliphatic rings. The van der Waals surface area contributed by atoms with E-state index in [9.17, 15) is 19.2 Å². The summed E-state index contributed by atoms with van der Waals surface area (Å²) in [5.41, 5.74) is 1.52. The number of rotatable bonds is 8. The maximum absolute atomic E-state index is 11.8. The van der Waals surface area contributed by atoms with Gasteiger partial charge in [0, 0.05) is 74.2 Å². The van der Waals surface area contributed by atoms with Gasteiger partial charge in [-0.1, -0.05) is 0 Å². The van der Waals surface area contributed by atoms with Crippen molar-refractivity contribution >= 4 is 11.8 Å². The maximum Gasteiger partial charge on any atom is 0.229 e. The van der Waals surface area contributed by atoms with Gasteiger partial charge in [0.05, 0.1) is 0 Å². The number of aromatic nitrogens is 2. The summed E-state index contributed by atoms with van der Waals surface area (Å²) in [4.78, 5) is 46.1. The summed E-state index contributed by atoms with van der Waals surface area (Å²) in [6.45, 7) is 5.41. The third kappa shape index (κ3) is 6.58. The van der Waals surface area contributed by atoms with Crippen molar-refractivity contribution < 1.29 is 9.59 Å². The van der Waals surface area contributed by atoms with E-state index in [0.717, 1.165) is 11.4 Å². The Labute approximate surface area is 156 Å². The normalized spacial score (nSPS) is 10.4. The second kappa shape index (κ2) is 9.51. The zero-order chi connectivity index (χ0) is 19.8. The van der Waals surface area contributed by atoms with E-state index in [1.54, 1.807) is 12.4 Å². The van der Waals surface area contributed by atoms with Crippen LogP contribution in [0.1, 0.15) is 17.8 Å². The van der Waals surface area contributed by atoms with Crippen molar-refractivity contribution in [2.75, 3.05) is 13.1 Å². The molecule has 2 amide bonds. The summed E-state index contributed by atoms with van der Waals surface area (Å²) in [6, 6.07) is 5.98. The van der Waals surface area contributed by atoms with E-state index >= 15 is 0 Å². The fourth-order valence-electron chi connectivity index (χ4n) is 2.64. The Balaban J connectivity index is 1.68. The SMILES string of the molecule is Cc1cc(=O)ccn1CCNC(=O)CC(=O)NCCn1ccc(=O)cc1C. The topological polar surface area (TPSA) is 102 Å². The molecule has 2 aromatic heterocycles. The molecule has 2 N–H and O–H groups in total. The molecule has 0 saturated heterocycles. The molecular weight excluding hydrogens is 348 g/mol. The monoisotopic (exact) mass is 372 g/mol. The van der Waals surface area contributed by atoms with Gasteiger partial charge in [-0.15, -0.1) is 0 Å². The lowest BCUT2D eigenvalue weighted by atomic mass is 10.3. The van der Waals surface area contributed by atoms with E-state index in [1.807, 2.05) is 23.0 Å². The molecule has 0 saturated carbocycles. The lowest BCUT2D eigenvalue weighted by Crippen LogP contribution is -2.35. The second-order valence-electron chi connectivity index (χ2n) is 6.27. The standard InChI is InChI=1S/C19H24N4O4/c1-14-11-16(24)3-7-22(14)9-5-20-18(26)13-19(27)21-6-10-23-8-4-17(25)12-15(23)2/h3-4,7-8,11-12H,5-6,9-10,13H2,1-2H3,(H,20,26)(H,21,27). The van der Waals surface area contributed by atoms with E-state index in [-0.39, 0.29) is 29.1 Å². The van der Waals surface area contributed by atoms with Gasteiger partial charge in [-0.2, -0.15) is 0 Å². The predicted octanol–water partition coefficient (Wildman–Crippen LogP) is -0.0505. The summed E-state index contributed by atoms with van der Waals surface area (Å²) in [5, 5.41) is 5.38. The molecule has 2 aromatic rings. The van der Waals surface area contributed by atoms with Gasteiger partial charge in [0.15, 0.2) is 10.9 Å². The minimum absolute atomic E-state index is 0.0539. The molecule has 0 aliphatic heterocycles. The molecule has 8 nitrogen and oxygen atoms in total. The highest BCUT2D eigenvalue weighted by molar-refractivity contribution is 5.96. The second-order valence-corrected chi connectivity index (χ2v) is 6.27. The van der Waals surface area contributed by atoms with Gasteiger partial charge in [-0.05, 0) is 13.8 Å². The first-order valence-electron chi connectivity index (χ1n) is 8.73. The van der Waals surface area contributed by atoms with Crippen LogP contribution in [0.2, 0.25) is 0 Å². The van der Waals surface area contributed by atoms with Crippen LogP contribution in [0, 0.1) is 13.8 Å². The average molecular weight is 372 g/mol. The Morgan fingerprint density at radius 3 is 1.59 bits per heavy atom. The summed E-state index contributed by atoms with van der Waals surface area (Å²) in [7, 11) is 0. The molecule has 0 fully saturated rings. The minimum Gasteiger partial charge on any atom is -0.354 e. The highest BCUT2D eigenvalue weighted by atomic mass is 16.2. The molecule has 0 bridgehead atoms. The molecule has 27 heavy (non-hydrogen) atoms. The van der Waals surface area contributed by atoms with Crippen LogP contribution >= 0.6 is 0 Å². The smallest absolute Gasteiger partial charge is 0.229 e. The summed E-state index contributed by atoms with van der Waals surface area (Å²) in [6.07, 6.45) is 3.11. The van der Waals surface area contributed by atoms with Gasteiger partial charge in [0.2, 0.25) is 11.8 Å². The number of carbonyl (C=O) groups excluding carboxylic acids is 2. The number of nitrogens with zero attached hydrogens (tertiary/aromatic N) is 2. The minimum atomic E-state index is -0.356. The molecule has 0 atom stereocenters. The molecule has 2 heterocycles. The van der Waals surface area contributed by atoms with Crippen molar-refractivity contribution in [1.29, 1.82) is 0 Å². The first kappa shape index (κ1) is 20.2. The van der Waals surface area contributed by atoms with Crippen molar-refractivity contribution in [3.8, 4) is 0 Å². The lowest BCUT2D eigenvalue weighted by Gasteiger charge is -2.12. The van der Waals surface area contributed by atoms with Gasteiger partial charge in [0.25, 0.3) is 0 Å². The van der Waals surface area contributed by atoms with Gasteiger partial charge in [-0.3, -0.25) is 19.2 Å². The van der Waals surface area contributed by atoms with Crippen molar-refractivity contribution in [2.24, 2.45) is 0 Å². The molecule has 0 aliphatic carbocycles. The molecule has 8 heteroatoms.